The van der Waals surface area contributed by atoms with E-state index in [0.29, 0.717) is 0 Å². The highest BCUT2D eigenvalue weighted by molar-refractivity contribution is 5.56. The summed E-state index contributed by atoms with van der Waals surface area (Å²) < 4.78 is 4.46. The summed E-state index contributed by atoms with van der Waals surface area (Å²) in [5.74, 6) is 0. The molecule has 0 amide bonds. The largest absolute Gasteiger partial charge is 0.388 e. The van der Waals surface area contributed by atoms with Crippen LogP contribution in [0.25, 0.3) is 0 Å². The Morgan fingerprint density at radius 2 is 2.22 bits per heavy atom. The molecule has 0 aliphatic heterocycles. The van der Waals surface area contributed by atoms with Crippen molar-refractivity contribution >= 4 is 6.29 Å². The lowest BCUT2D eigenvalue weighted by atomic mass is 10.2. The molecule has 54 valence electrons. The first kappa shape index (κ1) is 8.55. The molecule has 0 saturated heterocycles. The van der Waals surface area contributed by atoms with Crippen molar-refractivity contribution in [3.05, 3.63) is 0 Å². The Hall–Kier alpha value is -0.450. The van der Waals surface area contributed by atoms with Gasteiger partial charge >= 0.3 is 0 Å². The molecule has 9 heavy (non-hydrogen) atoms. The van der Waals surface area contributed by atoms with Crippen molar-refractivity contribution < 1.29 is 19.7 Å². The van der Waals surface area contributed by atoms with Crippen LogP contribution in [0.5, 0.6) is 0 Å². The van der Waals surface area contributed by atoms with E-state index in [1.807, 2.05) is 0 Å². The van der Waals surface area contributed by atoms with Gasteiger partial charge in [0, 0.05) is 7.11 Å². The molecule has 0 unspecified atom stereocenters. The second kappa shape index (κ2) is 4.43. The first-order valence-corrected chi connectivity index (χ1v) is 2.52. The van der Waals surface area contributed by atoms with Gasteiger partial charge in [0.25, 0.3) is 0 Å². The summed E-state index contributed by atoms with van der Waals surface area (Å²) in [6, 6.07) is 0. The molecule has 0 aromatic heterocycles. The number of rotatable bonds is 4. The van der Waals surface area contributed by atoms with Gasteiger partial charge in [-0.2, -0.15) is 0 Å². The number of aliphatic hydroxyl groups excluding tert-OH is 2. The van der Waals surface area contributed by atoms with Crippen molar-refractivity contribution in [3.8, 4) is 0 Å². The molecular formula is C5H10O4. The fourth-order valence-corrected chi connectivity index (χ4v) is 0.360. The monoisotopic (exact) mass is 134 g/mol. The summed E-state index contributed by atoms with van der Waals surface area (Å²) in [6.45, 7) is -0.0279. The third kappa shape index (κ3) is 3.18. The van der Waals surface area contributed by atoms with E-state index in [9.17, 15) is 4.79 Å². The van der Waals surface area contributed by atoms with Gasteiger partial charge in [-0.25, -0.2) is 0 Å². The maximum Gasteiger partial charge on any atom is 0.151 e. The summed E-state index contributed by atoms with van der Waals surface area (Å²) >= 11 is 0. The van der Waals surface area contributed by atoms with Gasteiger partial charge < -0.3 is 19.7 Å². The Balaban J connectivity index is 3.44. The van der Waals surface area contributed by atoms with Crippen LogP contribution in [0.2, 0.25) is 0 Å². The van der Waals surface area contributed by atoms with E-state index >= 15 is 0 Å². The van der Waals surface area contributed by atoms with E-state index in [1.54, 1.807) is 0 Å². The molecule has 2 atom stereocenters. The van der Waals surface area contributed by atoms with E-state index in [2.05, 4.69) is 4.74 Å². The SMILES string of the molecule is COC[C@@H](O)[C@@H](O)C=O. The number of carbonyl (C=O) groups is 1. The van der Waals surface area contributed by atoms with E-state index in [1.165, 1.54) is 7.11 Å². The van der Waals surface area contributed by atoms with Gasteiger partial charge in [0.05, 0.1) is 6.61 Å². The van der Waals surface area contributed by atoms with E-state index in [4.69, 9.17) is 10.2 Å². The Labute approximate surface area is 53.1 Å². The molecule has 4 heteroatoms. The zero-order chi connectivity index (χ0) is 7.28. The molecule has 4 nitrogen and oxygen atoms in total. The lowest BCUT2D eigenvalue weighted by molar-refractivity contribution is -0.122. The average Bonchev–Trinajstić information content (AvgIpc) is 1.87. The molecule has 0 spiro atoms. The third-order valence-electron chi connectivity index (χ3n) is 0.871. The number of aldehydes is 1. The second-order valence-corrected chi connectivity index (χ2v) is 1.65. The van der Waals surface area contributed by atoms with Gasteiger partial charge in [0.15, 0.2) is 6.29 Å². The van der Waals surface area contributed by atoms with Gasteiger partial charge in [0.2, 0.25) is 0 Å². The predicted molar refractivity (Wildman–Crippen MR) is 30.0 cm³/mol. The van der Waals surface area contributed by atoms with Crippen molar-refractivity contribution in [1.29, 1.82) is 0 Å². The van der Waals surface area contributed by atoms with Gasteiger partial charge in [-0.05, 0) is 0 Å². The molecule has 0 saturated carbocycles. The molecular weight excluding hydrogens is 124 g/mol. The van der Waals surface area contributed by atoms with Crippen LogP contribution >= 0.6 is 0 Å². The minimum absolute atomic E-state index is 0.0279. The van der Waals surface area contributed by atoms with Gasteiger partial charge in [-0.3, -0.25) is 0 Å². The highest BCUT2D eigenvalue weighted by Crippen LogP contribution is 1.88. The minimum atomic E-state index is -1.33. The molecule has 0 fully saturated rings. The van der Waals surface area contributed by atoms with Crippen LogP contribution in [0.1, 0.15) is 0 Å². The molecule has 0 rings (SSSR count). The zero-order valence-corrected chi connectivity index (χ0v) is 5.15. The first-order valence-electron chi connectivity index (χ1n) is 2.52. The highest BCUT2D eigenvalue weighted by Gasteiger charge is 2.13. The Kier molecular flexibility index (Phi) is 4.21. The number of methoxy groups -OCH3 is 1. The molecule has 0 aromatic rings. The fourth-order valence-electron chi connectivity index (χ4n) is 0.360. The maximum atomic E-state index is 9.76. The number of carbonyl (C=O) groups excluding carboxylic acids is 1. The van der Waals surface area contributed by atoms with Crippen LogP contribution in [0.4, 0.5) is 0 Å². The maximum absolute atomic E-state index is 9.76. The fraction of sp³-hybridized carbons (Fsp3) is 0.800. The van der Waals surface area contributed by atoms with Gasteiger partial charge in [-0.1, -0.05) is 0 Å². The van der Waals surface area contributed by atoms with Crippen molar-refractivity contribution in [2.45, 2.75) is 12.2 Å². The van der Waals surface area contributed by atoms with Crippen LogP contribution in [-0.2, 0) is 9.53 Å². The number of ether oxygens (including phenoxy) is 1. The molecule has 0 aliphatic carbocycles. The number of aliphatic hydroxyl groups is 2. The van der Waals surface area contributed by atoms with Crippen molar-refractivity contribution in [2.24, 2.45) is 0 Å². The smallest absolute Gasteiger partial charge is 0.151 e. The first-order chi connectivity index (χ1) is 4.22. The topological polar surface area (TPSA) is 66.8 Å². The van der Waals surface area contributed by atoms with Crippen LogP contribution < -0.4 is 0 Å². The second-order valence-electron chi connectivity index (χ2n) is 1.65. The molecule has 0 aromatic carbocycles. The van der Waals surface area contributed by atoms with E-state index in [0.717, 1.165) is 0 Å². The standard InChI is InChI=1S/C5H10O4/c1-9-3-5(8)4(7)2-6/h2,4-5,7-8H,3H2,1H3/t4-,5+/m0/s1. The molecule has 0 radical (unpaired) electrons. The van der Waals surface area contributed by atoms with E-state index < -0.39 is 12.2 Å². The van der Waals surface area contributed by atoms with Crippen molar-refractivity contribution in [1.82, 2.24) is 0 Å². The normalized spacial score (nSPS) is 16.8. The van der Waals surface area contributed by atoms with E-state index in [-0.39, 0.29) is 12.9 Å². The summed E-state index contributed by atoms with van der Waals surface area (Å²) in [5, 5.41) is 17.3. The number of hydrogen-bond acceptors (Lipinski definition) is 4. The minimum Gasteiger partial charge on any atom is -0.388 e. The molecule has 2 N–H and O–H groups in total. The lowest BCUT2D eigenvalue weighted by Crippen LogP contribution is -2.31. The van der Waals surface area contributed by atoms with Crippen LogP contribution in [-0.4, -0.2) is 42.4 Å². The summed E-state index contributed by atoms with van der Waals surface area (Å²) in [4.78, 5) is 9.76. The Morgan fingerprint density at radius 1 is 1.67 bits per heavy atom. The highest BCUT2D eigenvalue weighted by atomic mass is 16.5. The Bertz CT molecular complexity index is 83.0. The van der Waals surface area contributed by atoms with Crippen molar-refractivity contribution in [3.63, 3.8) is 0 Å². The summed E-state index contributed by atoms with van der Waals surface area (Å²) in [7, 11) is 1.38. The summed E-state index contributed by atoms with van der Waals surface area (Å²) in [6.07, 6.45) is -2.17. The number of hydrogen-bond donors (Lipinski definition) is 2. The quantitative estimate of drug-likeness (QED) is 0.462. The summed E-state index contributed by atoms with van der Waals surface area (Å²) in [5.41, 5.74) is 0. The third-order valence-corrected chi connectivity index (χ3v) is 0.871. The van der Waals surface area contributed by atoms with Gasteiger partial charge in [0.1, 0.15) is 12.2 Å². The lowest BCUT2D eigenvalue weighted by Gasteiger charge is -2.09. The van der Waals surface area contributed by atoms with Crippen LogP contribution in [0.3, 0.4) is 0 Å². The predicted octanol–water partition coefficient (Wildman–Crippen LogP) is -1.45. The van der Waals surface area contributed by atoms with Crippen LogP contribution in [0, 0.1) is 0 Å². The average molecular weight is 134 g/mol. The molecule has 0 bridgehead atoms. The van der Waals surface area contributed by atoms with Crippen molar-refractivity contribution in [2.75, 3.05) is 13.7 Å². The van der Waals surface area contributed by atoms with Crippen LogP contribution in [0.15, 0.2) is 0 Å². The molecule has 0 aliphatic rings. The zero-order valence-electron chi connectivity index (χ0n) is 5.15. The molecule has 0 heterocycles. The van der Waals surface area contributed by atoms with Gasteiger partial charge in [-0.15, -0.1) is 0 Å². The Morgan fingerprint density at radius 3 is 2.56 bits per heavy atom.